The zero-order valence-electron chi connectivity index (χ0n) is 27.2. The predicted molar refractivity (Wildman–Crippen MR) is 195 cm³/mol. The Kier molecular flexibility index (Phi) is 7.30. The number of unbranched alkanes of at least 4 members (excludes halogenated alkanes) is 5. The fourth-order valence-corrected chi connectivity index (χ4v) is 6.82. The first-order chi connectivity index (χ1) is 24.3. The van der Waals surface area contributed by atoms with Crippen LogP contribution in [0.2, 0.25) is 0 Å². The summed E-state index contributed by atoms with van der Waals surface area (Å²) in [6, 6.07) is 32.5. The van der Waals surface area contributed by atoms with Crippen molar-refractivity contribution in [1.29, 1.82) is 0 Å². The average molecular weight is 643 g/mol. The molecule has 0 fully saturated rings. The number of fused-ring (bicyclic) bond motifs is 20. The van der Waals surface area contributed by atoms with Crippen molar-refractivity contribution < 1.29 is 4.84 Å². The van der Waals surface area contributed by atoms with Crippen molar-refractivity contribution >= 4 is 44.1 Å². The third kappa shape index (κ3) is 5.09. The standard InChI is InChI=1S/C40H34N8O/c1-2-3-4-5-6-15-24-49-48-39-31-22-13-14-23-32(31)40(48)47-38-30-21-12-10-19-28(30)36(45-38)43-34-26-17-8-7-16-25(26)33(41-34)42-35-27-18-9-11-20-29(27)37(44-35)46-39/h7-14,16-23H,2-6,15,24H2,1H3,(H,41,42,43,44,45,46,47). The first-order valence-electron chi connectivity index (χ1n) is 17.1. The molecule has 2 aliphatic heterocycles. The Morgan fingerprint density at radius 2 is 0.878 bits per heavy atom. The van der Waals surface area contributed by atoms with Crippen LogP contribution in [0.4, 0.5) is 0 Å². The van der Waals surface area contributed by atoms with Crippen LogP contribution in [0.3, 0.4) is 0 Å². The second-order valence-electron chi connectivity index (χ2n) is 12.5. The van der Waals surface area contributed by atoms with Crippen molar-refractivity contribution in [3.63, 3.8) is 0 Å². The summed E-state index contributed by atoms with van der Waals surface area (Å²) in [5.41, 5.74) is 6.26. The highest BCUT2D eigenvalue weighted by Gasteiger charge is 2.23. The molecule has 4 aromatic carbocycles. The molecule has 49 heavy (non-hydrogen) atoms. The summed E-state index contributed by atoms with van der Waals surface area (Å²) >= 11 is 0. The van der Waals surface area contributed by atoms with Crippen LogP contribution in [0.25, 0.3) is 89.7 Å². The molecule has 1 N–H and O–H groups in total. The van der Waals surface area contributed by atoms with E-state index in [1.807, 2.05) is 84.9 Å². The summed E-state index contributed by atoms with van der Waals surface area (Å²) < 4.78 is 1.79. The Bertz CT molecular complexity index is 2390. The SMILES string of the molecule is CCCCCCCCOn1c2nc3nc(nc4[nH]c(nc5nc(nc1c1ccccc12)-c1ccccc1-5)c1ccccc41)-c1ccccc1-3. The van der Waals surface area contributed by atoms with E-state index >= 15 is 0 Å². The van der Waals surface area contributed by atoms with Gasteiger partial charge in [0.25, 0.3) is 0 Å². The quantitative estimate of drug-likeness (QED) is 0.165. The first kappa shape index (κ1) is 29.2. The number of H-pyrrole nitrogens is 1. The zero-order valence-corrected chi connectivity index (χ0v) is 27.2. The van der Waals surface area contributed by atoms with Crippen LogP contribution in [-0.4, -0.2) is 46.2 Å². The molecule has 240 valence electrons. The zero-order chi connectivity index (χ0) is 32.7. The average Bonchev–Trinajstić information content (AvgIpc) is 3.86. The monoisotopic (exact) mass is 642 g/mol. The van der Waals surface area contributed by atoms with Gasteiger partial charge in [-0.25, -0.2) is 29.9 Å². The van der Waals surface area contributed by atoms with Gasteiger partial charge >= 0.3 is 0 Å². The number of nitrogens with one attached hydrogen (secondary N) is 1. The third-order valence-corrected chi connectivity index (χ3v) is 9.29. The van der Waals surface area contributed by atoms with Crippen LogP contribution in [0.15, 0.2) is 97.1 Å². The van der Waals surface area contributed by atoms with E-state index in [2.05, 4.69) is 24.0 Å². The maximum atomic E-state index is 6.62. The van der Waals surface area contributed by atoms with Crippen LogP contribution >= 0.6 is 0 Å². The largest absolute Gasteiger partial charge is 0.410 e. The van der Waals surface area contributed by atoms with Gasteiger partial charge in [-0.1, -0.05) is 130 Å². The molecule has 8 bridgehead atoms. The number of aromatic amines is 1. The smallest absolute Gasteiger partial charge is 0.180 e. The van der Waals surface area contributed by atoms with Crippen LogP contribution in [0.5, 0.6) is 0 Å². The van der Waals surface area contributed by atoms with Crippen LogP contribution in [0.1, 0.15) is 45.4 Å². The second-order valence-corrected chi connectivity index (χ2v) is 12.5. The van der Waals surface area contributed by atoms with E-state index in [4.69, 9.17) is 34.7 Å². The summed E-state index contributed by atoms with van der Waals surface area (Å²) in [7, 11) is 0. The molecule has 9 nitrogen and oxygen atoms in total. The second kappa shape index (κ2) is 12.2. The lowest BCUT2D eigenvalue weighted by Crippen LogP contribution is -2.13. The summed E-state index contributed by atoms with van der Waals surface area (Å²) in [6.45, 7) is 2.77. The van der Waals surface area contributed by atoms with Crippen molar-refractivity contribution in [3.05, 3.63) is 97.1 Å². The molecule has 0 spiro atoms. The first-order valence-corrected chi connectivity index (χ1v) is 17.1. The minimum Gasteiger partial charge on any atom is -0.410 e. The van der Waals surface area contributed by atoms with Gasteiger partial charge in [-0.05, 0) is 12.8 Å². The minimum atomic E-state index is 0.532. The highest BCUT2D eigenvalue weighted by atomic mass is 16.7. The van der Waals surface area contributed by atoms with Gasteiger partial charge < -0.3 is 9.82 Å². The summed E-state index contributed by atoms with van der Waals surface area (Å²) in [5.74, 6) is 2.31. The summed E-state index contributed by atoms with van der Waals surface area (Å²) in [6.07, 6.45) is 6.97. The van der Waals surface area contributed by atoms with Gasteiger partial charge in [0.2, 0.25) is 0 Å². The van der Waals surface area contributed by atoms with Crippen molar-refractivity contribution in [1.82, 2.24) is 39.6 Å². The maximum absolute atomic E-state index is 6.62. The van der Waals surface area contributed by atoms with Crippen LogP contribution in [-0.2, 0) is 0 Å². The van der Waals surface area contributed by atoms with E-state index in [9.17, 15) is 0 Å². The highest BCUT2D eigenvalue weighted by Crippen LogP contribution is 2.37. The molecule has 0 atom stereocenters. The molecular weight excluding hydrogens is 608 g/mol. The minimum absolute atomic E-state index is 0.532. The molecule has 9 heteroatoms. The van der Waals surface area contributed by atoms with Gasteiger partial charge in [0.1, 0.15) is 17.9 Å². The Balaban J connectivity index is 1.37. The molecule has 3 aromatic heterocycles. The number of aromatic nitrogens is 8. The Labute approximate surface area is 282 Å². The molecule has 0 saturated carbocycles. The Morgan fingerprint density at radius 3 is 1.37 bits per heavy atom. The fraction of sp³-hybridized carbons (Fsp3) is 0.200. The lowest BCUT2D eigenvalue weighted by atomic mass is 10.1. The molecule has 9 rings (SSSR count). The number of hydrogen-bond acceptors (Lipinski definition) is 7. The van der Waals surface area contributed by atoms with E-state index in [-0.39, 0.29) is 0 Å². The van der Waals surface area contributed by atoms with Gasteiger partial charge in [0.05, 0.1) is 0 Å². The lowest BCUT2D eigenvalue weighted by molar-refractivity contribution is 0.123. The van der Waals surface area contributed by atoms with Gasteiger partial charge in [-0.2, -0.15) is 0 Å². The summed E-state index contributed by atoms with van der Waals surface area (Å²) in [5, 5.41) is 3.73. The van der Waals surface area contributed by atoms with Crippen molar-refractivity contribution in [2.45, 2.75) is 45.4 Å². The van der Waals surface area contributed by atoms with Gasteiger partial charge in [0.15, 0.2) is 34.6 Å². The topological polar surface area (TPSA) is 107 Å². The van der Waals surface area contributed by atoms with Crippen LogP contribution < -0.4 is 4.84 Å². The summed E-state index contributed by atoms with van der Waals surface area (Å²) in [4.78, 5) is 40.9. The lowest BCUT2D eigenvalue weighted by Gasteiger charge is -2.08. The Hall–Kier alpha value is -5.96. The van der Waals surface area contributed by atoms with Crippen molar-refractivity contribution in [3.8, 4) is 45.6 Å². The molecular formula is C40H34N8O. The highest BCUT2D eigenvalue weighted by molar-refractivity contribution is 6.06. The van der Waals surface area contributed by atoms with Crippen LogP contribution in [0, 0.1) is 0 Å². The molecule has 5 heterocycles. The normalized spacial score (nSPS) is 11.9. The number of rotatable bonds is 8. The molecule has 2 aliphatic rings. The van der Waals surface area contributed by atoms with Gasteiger partial charge in [-0.3, -0.25) is 0 Å². The number of hydrogen-bond donors (Lipinski definition) is 1. The number of nitrogens with zero attached hydrogens (tertiary/aromatic N) is 7. The van der Waals surface area contributed by atoms with Crippen molar-refractivity contribution in [2.75, 3.05) is 6.61 Å². The molecule has 7 aromatic rings. The van der Waals surface area contributed by atoms with E-state index in [0.29, 0.717) is 52.5 Å². The van der Waals surface area contributed by atoms with E-state index < -0.39 is 0 Å². The molecule has 0 radical (unpaired) electrons. The predicted octanol–water partition coefficient (Wildman–Crippen LogP) is 9.13. The third-order valence-electron chi connectivity index (χ3n) is 9.29. The fourth-order valence-electron chi connectivity index (χ4n) is 6.82. The van der Waals surface area contributed by atoms with E-state index in [1.54, 1.807) is 4.73 Å². The van der Waals surface area contributed by atoms with E-state index in [1.165, 1.54) is 25.7 Å². The number of benzene rings is 4. The Morgan fingerprint density at radius 1 is 0.469 bits per heavy atom. The van der Waals surface area contributed by atoms with Gasteiger partial charge in [0, 0.05) is 43.8 Å². The molecule has 0 unspecified atom stereocenters. The molecule has 0 aliphatic carbocycles. The van der Waals surface area contributed by atoms with E-state index in [0.717, 1.165) is 56.6 Å². The molecule has 0 saturated heterocycles. The van der Waals surface area contributed by atoms with Crippen molar-refractivity contribution in [2.24, 2.45) is 0 Å². The maximum Gasteiger partial charge on any atom is 0.180 e. The molecule has 0 amide bonds. The van der Waals surface area contributed by atoms with Gasteiger partial charge in [-0.15, -0.1) is 4.73 Å².